The number of carbonyl (C=O) groups is 14. The third kappa shape index (κ3) is 23.0. The predicted molar refractivity (Wildman–Crippen MR) is 531 cm³/mol. The zero-order valence-corrected chi connectivity index (χ0v) is 92.5. The quantitative estimate of drug-likeness (QED) is 0.0614. The molecule has 816 valence electrons. The lowest BCUT2D eigenvalue weighted by Crippen LogP contribution is -2.45. The first-order chi connectivity index (χ1) is 67.5. The molecule has 20 fully saturated rings. The lowest BCUT2D eigenvalue weighted by atomic mass is 9.69. The maximum atomic E-state index is 12.8. The van der Waals surface area contributed by atoms with Gasteiger partial charge >= 0.3 is 71.6 Å². The number of aliphatic carboxylic acids is 2. The number of hydrogen-bond acceptors (Lipinski definition) is 27. The van der Waals surface area contributed by atoms with Gasteiger partial charge in [0.2, 0.25) is 28.1 Å². The van der Waals surface area contributed by atoms with Gasteiger partial charge in [0.25, 0.3) is 0 Å². The molecule has 20 aliphatic rings. The van der Waals surface area contributed by atoms with E-state index in [1.54, 1.807) is 6.92 Å². The molecule has 0 aromatic rings. The Morgan fingerprint density at radius 3 is 1.18 bits per heavy atom. The van der Waals surface area contributed by atoms with E-state index in [2.05, 4.69) is 109 Å². The number of ketones is 1. The molecule has 3 N–H and O–H groups in total. The minimum absolute atomic E-state index is 0.0108. The molecule has 20 rings (SSSR count). The predicted octanol–water partition coefficient (Wildman–Crippen LogP) is 17.1. The summed E-state index contributed by atoms with van der Waals surface area (Å²) in [5, 5.41) is 18.9. The first-order valence-electron chi connectivity index (χ1n) is 55.6. The normalized spacial score (nSPS) is 44.5. The number of nitrogens with one attached hydrogen (secondary N) is 1. The van der Waals surface area contributed by atoms with Crippen LogP contribution in [0.5, 0.6) is 0 Å². The first-order valence-corrected chi connectivity index (χ1v) is 57.5. The number of sulfonamides is 1. The smallest absolute Gasteiger partial charge is 0.348 e. The Kier molecular flexibility index (Phi) is 33.9. The highest BCUT2D eigenvalue weighted by atomic mass is 32.2. The molecule has 3 saturated heterocycles. The van der Waals surface area contributed by atoms with E-state index in [-0.39, 0.29) is 137 Å². The molecular formula is C114H175NO29S. The van der Waals surface area contributed by atoms with Crippen molar-refractivity contribution in [2.75, 3.05) is 26.1 Å². The number of fused-ring (bicyclic) bond motifs is 15. The molecule has 17 saturated carbocycles. The van der Waals surface area contributed by atoms with Gasteiger partial charge in [-0.1, -0.05) is 118 Å². The molecule has 3 heterocycles. The van der Waals surface area contributed by atoms with Crippen LogP contribution in [0.3, 0.4) is 0 Å². The van der Waals surface area contributed by atoms with Crippen LogP contribution in [0.15, 0.2) is 0 Å². The molecule has 145 heavy (non-hydrogen) atoms. The average molecular weight is 2060 g/mol. The molecule has 0 spiro atoms. The lowest BCUT2D eigenvalue weighted by molar-refractivity contribution is -0.186. The summed E-state index contributed by atoms with van der Waals surface area (Å²) in [5.41, 5.74) is -2.23. The number of rotatable bonds is 19. The molecule has 31 heteroatoms. The van der Waals surface area contributed by atoms with Gasteiger partial charge in [-0.25, -0.2) is 18.0 Å². The number of ether oxygens (including phenoxy) is 11. The standard InChI is InChI=1S/C20H32O3.C19H28O6.C18H24O4.C16H24O4.C15H24O5.C15H24O4.C11H19NO3S/c1-11-6-7-17(18(21)8-11)20(4,5)23-19(22)16-10-14-9-15(16)13(3)12(14)2;1-9-10(2)12-8-11(9)14(15(12)18(22)25-19(3,4)5)17(21)24-13-6-7-23-16(13)20;1-7-8(2)11-3-9(7)4-13(11)17(19)21-15-10-5-12-14(6-10)18(20)22-16(12)15;1-8-9(2)11-5-10(8)6-12(11)14(17)20-13-15(18)19-7-16(13,3)4;1-5-19-9(4)20-15(18)13-11-6-10(7(2)8(11)3)12(13)14(16)17;1-7-8(2)10-6-9(7)11(13(16)17)12(10)14(18)19-15(3,4)5;1-6-7(2)9-4-8(6)5-10(9)11(13)12-16(3,14)15/h11-17H,6-10H2,1-5H3;9-15H,6-8H2,1-5H3;7-16H,3-6H2,1-2H3;8-13H,5-7H2,1-4H3;7-13H,5-6H2,1-4H3,(H,16,17);7-12H,6H2,1-5H3,(H,16,17);6-10H,4-5H2,1-3H3,(H,12,13). The molecule has 0 aromatic heterocycles. The Balaban J connectivity index is 0.000000134. The SMILES string of the molecule is CC1C(C)C2CC1C(C(=O)O)C2C(=O)OC(C)(C)C.CC1C(C)C2CC1C(C(=O)OC1CCOC1=O)C2C(=O)OC(C)(C)C.CC1C2CC(C(=O)NS(C)(=O)=O)C(C2)C1C.CC1C2CC(C(=O)OC3C(=O)OCC3(C)C)C(C2)C1C.CC1C2CC(C(=O)OC3C4CC5C(=O)OC3C5C4)C(C2)C1C.CC1CCC(C(C)(C)OC(=O)C2CC3CC2C(C)C3C)C(=O)C1.CCOC(C)OC(=O)C1C2CC(C(C)C2C)C1C(=O)O. The zero-order chi connectivity index (χ0) is 107. The maximum absolute atomic E-state index is 12.8. The number of esters is 10. The number of carboxylic acid groups (broad SMARTS) is 2. The highest BCUT2D eigenvalue weighted by Crippen LogP contribution is 2.65. The highest BCUT2D eigenvalue weighted by molar-refractivity contribution is 7.89. The Morgan fingerprint density at radius 1 is 0.414 bits per heavy atom. The van der Waals surface area contributed by atoms with Crippen molar-refractivity contribution in [2.45, 2.75) is 344 Å². The van der Waals surface area contributed by atoms with Gasteiger partial charge in [0, 0.05) is 42.6 Å². The fourth-order valence-electron chi connectivity index (χ4n) is 32.9. The largest absolute Gasteiger partial charge is 0.481 e. The van der Waals surface area contributed by atoms with Crippen molar-refractivity contribution in [2.24, 2.45) is 260 Å². The molecule has 30 nitrogen and oxygen atoms in total. The minimum Gasteiger partial charge on any atom is -0.481 e. The molecular weight excluding hydrogens is 1880 g/mol. The van der Waals surface area contributed by atoms with Crippen molar-refractivity contribution >= 4 is 93.3 Å². The molecule has 16 bridgehead atoms. The number of carbonyl (C=O) groups excluding carboxylic acids is 12. The third-order valence-corrected chi connectivity index (χ3v) is 42.6. The van der Waals surface area contributed by atoms with Crippen molar-refractivity contribution in [3.05, 3.63) is 0 Å². The van der Waals surface area contributed by atoms with Crippen molar-refractivity contribution in [3.8, 4) is 0 Å². The summed E-state index contributed by atoms with van der Waals surface area (Å²) in [5.74, 6) is 6.12. The van der Waals surface area contributed by atoms with Crippen molar-refractivity contribution in [3.63, 3.8) is 0 Å². The summed E-state index contributed by atoms with van der Waals surface area (Å²) in [4.78, 5) is 171. The summed E-state index contributed by atoms with van der Waals surface area (Å²) in [6.07, 6.45) is 14.2. The van der Waals surface area contributed by atoms with E-state index in [9.17, 15) is 85.8 Å². The van der Waals surface area contributed by atoms with Crippen LogP contribution in [0, 0.1) is 260 Å². The minimum atomic E-state index is -3.41. The van der Waals surface area contributed by atoms with Crippen LogP contribution in [0.2, 0.25) is 0 Å². The van der Waals surface area contributed by atoms with Crippen LogP contribution >= 0.6 is 0 Å². The molecule has 48 unspecified atom stereocenters. The van der Waals surface area contributed by atoms with Gasteiger partial charge in [-0.15, -0.1) is 0 Å². The van der Waals surface area contributed by atoms with Gasteiger partial charge < -0.3 is 62.3 Å². The van der Waals surface area contributed by atoms with Gasteiger partial charge in [0.1, 0.15) is 41.4 Å². The van der Waals surface area contributed by atoms with Gasteiger partial charge in [-0.3, -0.25) is 62.3 Å². The van der Waals surface area contributed by atoms with E-state index in [4.69, 9.17) is 52.1 Å². The highest BCUT2D eigenvalue weighted by Gasteiger charge is 2.68. The Bertz CT molecular complexity index is 4920. The second kappa shape index (κ2) is 43.4. The van der Waals surface area contributed by atoms with E-state index in [1.165, 1.54) is 12.8 Å². The number of cyclic esters (lactones) is 2. The summed E-state index contributed by atoms with van der Waals surface area (Å²) in [6.45, 7) is 56.2. The van der Waals surface area contributed by atoms with E-state index in [0.29, 0.717) is 162 Å². The molecule has 3 aliphatic heterocycles. The number of Topliss-reactive ketones (excluding diaryl/α,β-unsaturated/α-hetero) is 1. The monoisotopic (exact) mass is 2050 g/mol. The van der Waals surface area contributed by atoms with Crippen LogP contribution < -0.4 is 4.72 Å². The average Bonchev–Trinajstić information content (AvgIpc) is 1.54. The summed E-state index contributed by atoms with van der Waals surface area (Å²) < 4.78 is 83.9. The van der Waals surface area contributed by atoms with E-state index in [1.807, 2.05) is 76.2 Å². The lowest BCUT2D eigenvalue weighted by Gasteiger charge is -2.39. The first kappa shape index (κ1) is 113. The summed E-state index contributed by atoms with van der Waals surface area (Å²) >= 11 is 0. The molecule has 0 radical (unpaired) electrons. The van der Waals surface area contributed by atoms with Crippen molar-refractivity contribution in [1.82, 2.24) is 4.72 Å². The fraction of sp³-hybridized carbons (Fsp3) is 0.877. The second-order valence-electron chi connectivity index (χ2n) is 52.9. The van der Waals surface area contributed by atoms with E-state index < -0.39 is 122 Å². The maximum Gasteiger partial charge on any atom is 0.348 e. The van der Waals surface area contributed by atoms with Gasteiger partial charge in [-0.2, -0.15) is 0 Å². The number of hydrogen-bond donors (Lipinski definition) is 3. The second-order valence-corrected chi connectivity index (χ2v) is 54.6. The molecule has 48 atom stereocenters. The number of carboxylic acids is 2. The van der Waals surface area contributed by atoms with Gasteiger partial charge in [0.15, 0.2) is 6.29 Å². The summed E-state index contributed by atoms with van der Waals surface area (Å²) in [7, 11) is -3.41. The van der Waals surface area contributed by atoms with Crippen LogP contribution in [-0.2, 0) is 129 Å². The van der Waals surface area contributed by atoms with Crippen LogP contribution in [0.4, 0.5) is 0 Å². The molecule has 17 aliphatic carbocycles. The van der Waals surface area contributed by atoms with Gasteiger partial charge in [-0.05, 0) is 337 Å². The van der Waals surface area contributed by atoms with Crippen LogP contribution in [0.1, 0.15) is 296 Å². The zero-order valence-electron chi connectivity index (χ0n) is 91.7. The topological polar surface area (TPSA) is 427 Å². The third-order valence-electron chi connectivity index (χ3n) is 42.0. The Morgan fingerprint density at radius 2 is 0.800 bits per heavy atom. The van der Waals surface area contributed by atoms with Crippen molar-refractivity contribution < 1.29 is 138 Å². The fourth-order valence-corrected chi connectivity index (χ4v) is 33.4. The van der Waals surface area contributed by atoms with Crippen molar-refractivity contribution in [1.29, 1.82) is 0 Å². The summed E-state index contributed by atoms with van der Waals surface area (Å²) in [6, 6.07) is 0. The molecule has 1 amide bonds. The van der Waals surface area contributed by atoms with Crippen LogP contribution in [0.25, 0.3) is 0 Å². The Hall–Kier alpha value is -7.31. The van der Waals surface area contributed by atoms with Gasteiger partial charge in [0.05, 0.1) is 78.0 Å². The van der Waals surface area contributed by atoms with E-state index in [0.717, 1.165) is 102 Å². The Labute approximate surface area is 860 Å². The molecule has 0 aromatic carbocycles. The number of amides is 1. The van der Waals surface area contributed by atoms with Crippen LogP contribution in [-0.4, -0.2) is 176 Å². The van der Waals surface area contributed by atoms with E-state index >= 15 is 0 Å².